The normalized spacial score (nSPS) is 17.6. The molecule has 2 atom stereocenters. The Kier molecular flexibility index (Phi) is 6.62. The standard InChI is InChI=1S/C26H27FN6O4/c1-37-20-10-9-16(27)11-19(20)25(35)29-13-14-5-7-15(8-6-14)22-21-23(26(36)31-30-24(21)28)33(32-22)17-3-2-4-18(34)12-17/h5-11,17-18,34H,2-4,12-13H2,1H3,(H2,28,30)(H,29,35)(H,31,36). The van der Waals surface area contributed by atoms with Crippen LogP contribution in [-0.4, -0.2) is 44.2 Å². The second-order valence-corrected chi connectivity index (χ2v) is 9.15. The number of nitrogens with one attached hydrogen (secondary N) is 2. The third kappa shape index (κ3) is 4.77. The van der Waals surface area contributed by atoms with Crippen LogP contribution in [0.2, 0.25) is 0 Å². The highest BCUT2D eigenvalue weighted by atomic mass is 19.1. The van der Waals surface area contributed by atoms with E-state index in [2.05, 4.69) is 15.5 Å². The van der Waals surface area contributed by atoms with Crippen LogP contribution in [0.3, 0.4) is 0 Å². The van der Waals surface area contributed by atoms with Gasteiger partial charge < -0.3 is 20.9 Å². The van der Waals surface area contributed by atoms with Crippen molar-refractivity contribution in [1.29, 1.82) is 0 Å². The number of aliphatic hydroxyl groups excluding tert-OH is 1. The monoisotopic (exact) mass is 506 g/mol. The summed E-state index contributed by atoms with van der Waals surface area (Å²) in [5.41, 5.74) is 8.26. The molecule has 1 aliphatic rings. The number of fused-ring (bicyclic) bond motifs is 1. The number of nitrogen functional groups attached to an aromatic ring is 1. The third-order valence-electron chi connectivity index (χ3n) is 6.71. The molecule has 1 amide bonds. The predicted molar refractivity (Wildman–Crippen MR) is 136 cm³/mol. The van der Waals surface area contributed by atoms with Crippen LogP contribution in [0.15, 0.2) is 47.3 Å². The summed E-state index contributed by atoms with van der Waals surface area (Å²) in [7, 11) is 1.42. The van der Waals surface area contributed by atoms with Crippen molar-refractivity contribution < 1.29 is 19.0 Å². The Morgan fingerprint density at radius 3 is 2.78 bits per heavy atom. The van der Waals surface area contributed by atoms with Crippen molar-refractivity contribution >= 4 is 22.6 Å². The van der Waals surface area contributed by atoms with E-state index in [-0.39, 0.29) is 29.7 Å². The second kappa shape index (κ2) is 10.0. The van der Waals surface area contributed by atoms with E-state index >= 15 is 0 Å². The van der Waals surface area contributed by atoms with Gasteiger partial charge in [0.15, 0.2) is 5.82 Å². The van der Waals surface area contributed by atoms with Gasteiger partial charge in [-0.25, -0.2) is 9.49 Å². The smallest absolute Gasteiger partial charge is 0.290 e. The summed E-state index contributed by atoms with van der Waals surface area (Å²) in [6, 6.07) is 10.9. The van der Waals surface area contributed by atoms with Crippen LogP contribution in [0, 0.1) is 5.82 Å². The summed E-state index contributed by atoms with van der Waals surface area (Å²) in [6.45, 7) is 0.206. The molecule has 0 bridgehead atoms. The first kappa shape index (κ1) is 24.4. The minimum Gasteiger partial charge on any atom is -0.496 e. The van der Waals surface area contributed by atoms with E-state index < -0.39 is 23.4 Å². The van der Waals surface area contributed by atoms with E-state index in [4.69, 9.17) is 15.6 Å². The van der Waals surface area contributed by atoms with Crippen LogP contribution in [0.4, 0.5) is 10.2 Å². The number of methoxy groups -OCH3 is 1. The number of aromatic amines is 1. The molecule has 5 rings (SSSR count). The molecular weight excluding hydrogens is 479 g/mol. The highest BCUT2D eigenvalue weighted by molar-refractivity contribution is 5.99. The molecule has 0 spiro atoms. The SMILES string of the molecule is COc1ccc(F)cc1C(=O)NCc1ccc(-c2nn(C3CCCC(O)C3)c3c(=O)[nH]nc(N)c23)cc1. The molecule has 0 radical (unpaired) electrons. The number of nitrogens with two attached hydrogens (primary N) is 1. The van der Waals surface area contributed by atoms with Gasteiger partial charge in [0.05, 0.1) is 30.2 Å². The van der Waals surface area contributed by atoms with Crippen molar-refractivity contribution in [3.05, 3.63) is 69.8 Å². The molecule has 37 heavy (non-hydrogen) atoms. The molecule has 10 nitrogen and oxygen atoms in total. The summed E-state index contributed by atoms with van der Waals surface area (Å²) < 4.78 is 20.5. The lowest BCUT2D eigenvalue weighted by atomic mass is 9.93. The number of anilines is 1. The second-order valence-electron chi connectivity index (χ2n) is 9.15. The van der Waals surface area contributed by atoms with Crippen LogP contribution < -0.4 is 21.3 Å². The van der Waals surface area contributed by atoms with Crippen molar-refractivity contribution in [2.45, 2.75) is 44.4 Å². The van der Waals surface area contributed by atoms with E-state index in [0.29, 0.717) is 23.0 Å². The van der Waals surface area contributed by atoms with E-state index in [1.54, 1.807) is 4.68 Å². The number of H-pyrrole nitrogens is 1. The number of aliphatic hydroxyl groups is 1. The van der Waals surface area contributed by atoms with Crippen LogP contribution in [0.1, 0.15) is 47.6 Å². The van der Waals surface area contributed by atoms with Crippen molar-refractivity contribution in [2.24, 2.45) is 0 Å². The summed E-state index contributed by atoms with van der Waals surface area (Å²) in [4.78, 5) is 25.3. The Morgan fingerprint density at radius 1 is 1.27 bits per heavy atom. The Hall–Kier alpha value is -4.25. The first-order valence-corrected chi connectivity index (χ1v) is 12.0. The molecule has 2 aromatic carbocycles. The van der Waals surface area contributed by atoms with Crippen LogP contribution >= 0.6 is 0 Å². The first-order chi connectivity index (χ1) is 17.9. The lowest BCUT2D eigenvalue weighted by Gasteiger charge is -2.26. The number of aromatic nitrogens is 4. The summed E-state index contributed by atoms with van der Waals surface area (Å²) in [5, 5.41) is 24.5. The van der Waals surface area contributed by atoms with E-state index in [0.717, 1.165) is 36.5 Å². The van der Waals surface area contributed by atoms with Crippen LogP contribution in [0.25, 0.3) is 22.2 Å². The quantitative estimate of drug-likeness (QED) is 0.314. The number of rotatable bonds is 6. The summed E-state index contributed by atoms with van der Waals surface area (Å²) in [6.07, 6.45) is 2.42. The Bertz CT molecular complexity index is 1510. The fourth-order valence-electron chi connectivity index (χ4n) is 4.86. The molecule has 192 valence electrons. The molecular formula is C26H27FN6O4. The maximum absolute atomic E-state index is 13.6. The van der Waals surface area contributed by atoms with Gasteiger partial charge in [-0.3, -0.25) is 14.3 Å². The highest BCUT2D eigenvalue weighted by Gasteiger charge is 2.27. The van der Waals surface area contributed by atoms with Gasteiger partial charge in [-0.15, -0.1) is 0 Å². The number of carbonyl (C=O) groups is 1. The number of hydrogen-bond donors (Lipinski definition) is 4. The van der Waals surface area contributed by atoms with Crippen molar-refractivity contribution in [1.82, 2.24) is 25.3 Å². The predicted octanol–water partition coefficient (Wildman–Crippen LogP) is 2.92. The maximum atomic E-state index is 13.6. The fourth-order valence-corrected chi connectivity index (χ4v) is 4.86. The summed E-state index contributed by atoms with van der Waals surface area (Å²) in [5.74, 6) is -0.550. The largest absolute Gasteiger partial charge is 0.496 e. The van der Waals surface area contributed by atoms with Gasteiger partial charge >= 0.3 is 0 Å². The molecule has 11 heteroatoms. The Morgan fingerprint density at radius 2 is 2.05 bits per heavy atom. The minimum atomic E-state index is -0.530. The van der Waals surface area contributed by atoms with Gasteiger partial charge in [-0.2, -0.15) is 10.2 Å². The molecule has 5 N–H and O–H groups in total. The average molecular weight is 507 g/mol. The number of carbonyl (C=O) groups excluding carboxylic acids is 1. The molecule has 1 aliphatic carbocycles. The molecule has 0 saturated heterocycles. The highest BCUT2D eigenvalue weighted by Crippen LogP contribution is 2.35. The zero-order valence-electron chi connectivity index (χ0n) is 20.2. The molecule has 0 aliphatic heterocycles. The van der Waals surface area contributed by atoms with E-state index in [1.165, 1.54) is 19.2 Å². The Balaban J connectivity index is 1.42. The van der Waals surface area contributed by atoms with Gasteiger partial charge in [-0.1, -0.05) is 24.3 Å². The number of nitrogens with zero attached hydrogens (tertiary/aromatic N) is 3. The van der Waals surface area contributed by atoms with E-state index in [9.17, 15) is 19.1 Å². The number of benzene rings is 2. The summed E-state index contributed by atoms with van der Waals surface area (Å²) >= 11 is 0. The van der Waals surface area contributed by atoms with Crippen LogP contribution in [0.5, 0.6) is 5.75 Å². The molecule has 2 unspecified atom stereocenters. The average Bonchev–Trinajstić information content (AvgIpc) is 3.32. The van der Waals surface area contributed by atoms with Crippen molar-refractivity contribution in [3.8, 4) is 17.0 Å². The number of ether oxygens (including phenoxy) is 1. The van der Waals surface area contributed by atoms with Crippen LogP contribution in [-0.2, 0) is 6.54 Å². The maximum Gasteiger partial charge on any atom is 0.290 e. The molecule has 2 heterocycles. The Labute approximate surface area is 211 Å². The zero-order valence-corrected chi connectivity index (χ0v) is 20.2. The molecule has 1 saturated carbocycles. The van der Waals surface area contributed by atoms with E-state index in [1.807, 2.05) is 24.3 Å². The number of amides is 1. The number of hydrogen-bond acceptors (Lipinski definition) is 7. The van der Waals surface area contributed by atoms with Gasteiger partial charge in [-0.05, 0) is 49.4 Å². The first-order valence-electron chi connectivity index (χ1n) is 12.0. The number of halogens is 1. The molecule has 2 aromatic heterocycles. The van der Waals surface area contributed by atoms with Gasteiger partial charge in [0.25, 0.3) is 11.5 Å². The third-order valence-corrected chi connectivity index (χ3v) is 6.71. The minimum absolute atomic E-state index is 0.108. The van der Waals surface area contributed by atoms with Crippen molar-refractivity contribution in [2.75, 3.05) is 12.8 Å². The van der Waals surface area contributed by atoms with Gasteiger partial charge in [0.2, 0.25) is 0 Å². The fraction of sp³-hybridized carbons (Fsp3) is 0.308. The van der Waals surface area contributed by atoms with Gasteiger partial charge in [0.1, 0.15) is 22.8 Å². The lowest BCUT2D eigenvalue weighted by Crippen LogP contribution is -2.25. The van der Waals surface area contributed by atoms with Gasteiger partial charge in [0, 0.05) is 12.1 Å². The lowest BCUT2D eigenvalue weighted by molar-refractivity contribution is 0.0947. The topological polar surface area (TPSA) is 148 Å². The molecule has 4 aromatic rings. The molecule has 1 fully saturated rings. The zero-order chi connectivity index (χ0) is 26.1. The van der Waals surface area contributed by atoms with Crippen molar-refractivity contribution in [3.63, 3.8) is 0 Å².